The number of hydrogen-bond donors (Lipinski definition) is 1. The van der Waals surface area contributed by atoms with Crippen molar-refractivity contribution >= 4 is 11.6 Å². The summed E-state index contributed by atoms with van der Waals surface area (Å²) in [6, 6.07) is 4.51. The molecular formula is C11H13ClFNO. The Kier molecular flexibility index (Phi) is 3.44. The smallest absolute Gasteiger partial charge is 0.140 e. The Bertz CT molecular complexity index is 339. The largest absolute Gasteiger partial charge is 0.490 e. The van der Waals surface area contributed by atoms with Crippen LogP contribution in [-0.4, -0.2) is 19.2 Å². The average Bonchev–Trinajstić information content (AvgIpc) is 2.72. The third-order valence-corrected chi connectivity index (χ3v) is 2.81. The number of benzene rings is 1. The van der Waals surface area contributed by atoms with Gasteiger partial charge >= 0.3 is 0 Å². The second-order valence-corrected chi connectivity index (χ2v) is 4.09. The van der Waals surface area contributed by atoms with Crippen molar-refractivity contribution in [3.63, 3.8) is 0 Å². The molecule has 0 amide bonds. The van der Waals surface area contributed by atoms with Gasteiger partial charge in [-0.15, -0.1) is 0 Å². The van der Waals surface area contributed by atoms with Crippen LogP contribution in [0, 0.1) is 5.82 Å². The van der Waals surface area contributed by atoms with Crippen molar-refractivity contribution < 1.29 is 9.13 Å². The topological polar surface area (TPSA) is 21.3 Å². The van der Waals surface area contributed by atoms with Crippen LogP contribution in [0.3, 0.4) is 0 Å². The molecule has 2 rings (SSSR count). The standard InChI is InChI=1S/C11H13ClFNO/c12-10-4-3-8(13)6-11(10)15-7-9-2-1-5-14-9/h3-4,6,9,14H,1-2,5,7H2. The Morgan fingerprint density at radius 2 is 2.40 bits per heavy atom. The lowest BCUT2D eigenvalue weighted by Gasteiger charge is -2.12. The quantitative estimate of drug-likeness (QED) is 0.861. The number of rotatable bonds is 3. The maximum Gasteiger partial charge on any atom is 0.140 e. The number of halogens is 2. The van der Waals surface area contributed by atoms with Crippen molar-refractivity contribution in [2.45, 2.75) is 18.9 Å². The number of hydrogen-bond acceptors (Lipinski definition) is 2. The molecule has 0 radical (unpaired) electrons. The van der Waals surface area contributed by atoms with Gasteiger partial charge in [0.1, 0.15) is 18.2 Å². The van der Waals surface area contributed by atoms with Crippen LogP contribution in [0.5, 0.6) is 5.75 Å². The Balaban J connectivity index is 1.94. The zero-order chi connectivity index (χ0) is 10.7. The van der Waals surface area contributed by atoms with E-state index in [-0.39, 0.29) is 5.82 Å². The minimum atomic E-state index is -0.325. The molecule has 0 aliphatic carbocycles. The molecule has 1 unspecified atom stereocenters. The molecule has 2 nitrogen and oxygen atoms in total. The molecule has 1 aromatic rings. The van der Waals surface area contributed by atoms with Crippen LogP contribution in [0.25, 0.3) is 0 Å². The first kappa shape index (κ1) is 10.7. The fourth-order valence-corrected chi connectivity index (χ4v) is 1.85. The molecule has 1 heterocycles. The summed E-state index contributed by atoms with van der Waals surface area (Å²) < 4.78 is 18.4. The van der Waals surface area contributed by atoms with Crippen LogP contribution < -0.4 is 10.1 Å². The number of ether oxygens (including phenoxy) is 1. The first-order chi connectivity index (χ1) is 7.25. The van der Waals surface area contributed by atoms with Gasteiger partial charge < -0.3 is 10.1 Å². The van der Waals surface area contributed by atoms with Gasteiger partial charge in [-0.1, -0.05) is 11.6 Å². The Morgan fingerprint density at radius 1 is 1.53 bits per heavy atom. The summed E-state index contributed by atoms with van der Waals surface area (Å²) in [4.78, 5) is 0. The maximum absolute atomic E-state index is 12.9. The highest BCUT2D eigenvalue weighted by Crippen LogP contribution is 2.25. The van der Waals surface area contributed by atoms with E-state index in [2.05, 4.69) is 5.32 Å². The van der Waals surface area contributed by atoms with E-state index in [1.165, 1.54) is 24.6 Å². The Labute approximate surface area is 93.4 Å². The second-order valence-electron chi connectivity index (χ2n) is 3.68. The average molecular weight is 230 g/mol. The van der Waals surface area contributed by atoms with Crippen molar-refractivity contribution in [1.29, 1.82) is 0 Å². The fourth-order valence-electron chi connectivity index (χ4n) is 1.68. The molecule has 4 heteroatoms. The van der Waals surface area contributed by atoms with E-state index in [1.54, 1.807) is 0 Å². The maximum atomic E-state index is 12.9. The van der Waals surface area contributed by atoms with Gasteiger partial charge in [0.05, 0.1) is 5.02 Å². The monoisotopic (exact) mass is 229 g/mol. The number of nitrogens with one attached hydrogen (secondary N) is 1. The van der Waals surface area contributed by atoms with Crippen molar-refractivity contribution in [2.24, 2.45) is 0 Å². The zero-order valence-electron chi connectivity index (χ0n) is 8.30. The first-order valence-electron chi connectivity index (χ1n) is 5.07. The van der Waals surface area contributed by atoms with Crippen LogP contribution >= 0.6 is 11.6 Å². The molecule has 1 N–H and O–H groups in total. The summed E-state index contributed by atoms with van der Waals surface area (Å²) >= 11 is 5.87. The van der Waals surface area contributed by atoms with Crippen molar-refractivity contribution in [3.8, 4) is 5.75 Å². The summed E-state index contributed by atoms with van der Waals surface area (Å²) in [5.41, 5.74) is 0. The highest BCUT2D eigenvalue weighted by molar-refractivity contribution is 6.32. The van der Waals surface area contributed by atoms with E-state index in [1.807, 2.05) is 0 Å². The fraction of sp³-hybridized carbons (Fsp3) is 0.455. The van der Waals surface area contributed by atoms with Gasteiger partial charge in [-0.05, 0) is 31.5 Å². The van der Waals surface area contributed by atoms with Gasteiger partial charge in [0, 0.05) is 12.1 Å². The van der Waals surface area contributed by atoms with E-state index in [4.69, 9.17) is 16.3 Å². The van der Waals surface area contributed by atoms with Crippen LogP contribution in [-0.2, 0) is 0 Å². The molecule has 1 aliphatic rings. The minimum absolute atomic E-state index is 0.325. The van der Waals surface area contributed by atoms with Crippen molar-refractivity contribution in [1.82, 2.24) is 5.32 Å². The van der Waals surface area contributed by atoms with Crippen molar-refractivity contribution in [3.05, 3.63) is 29.0 Å². The summed E-state index contributed by atoms with van der Waals surface area (Å²) in [5, 5.41) is 3.75. The van der Waals surface area contributed by atoms with Gasteiger partial charge in [0.2, 0.25) is 0 Å². The molecule has 15 heavy (non-hydrogen) atoms. The normalized spacial score (nSPS) is 20.5. The summed E-state index contributed by atoms with van der Waals surface area (Å²) in [5.74, 6) is 0.0964. The van der Waals surface area contributed by atoms with E-state index in [9.17, 15) is 4.39 Å². The van der Waals surface area contributed by atoms with Crippen LogP contribution in [0.15, 0.2) is 18.2 Å². The molecule has 82 valence electrons. The van der Waals surface area contributed by atoms with Crippen LogP contribution in [0.4, 0.5) is 4.39 Å². The third-order valence-electron chi connectivity index (χ3n) is 2.50. The minimum Gasteiger partial charge on any atom is -0.490 e. The van der Waals surface area contributed by atoms with Gasteiger partial charge in [-0.2, -0.15) is 0 Å². The van der Waals surface area contributed by atoms with Gasteiger partial charge in [0.15, 0.2) is 0 Å². The predicted octanol–water partition coefficient (Wildman–Crippen LogP) is 2.61. The SMILES string of the molecule is Fc1ccc(Cl)c(OCC2CCCN2)c1. The van der Waals surface area contributed by atoms with Crippen molar-refractivity contribution in [2.75, 3.05) is 13.2 Å². The highest BCUT2D eigenvalue weighted by atomic mass is 35.5. The predicted molar refractivity (Wildman–Crippen MR) is 57.9 cm³/mol. The molecule has 0 spiro atoms. The lowest BCUT2D eigenvalue weighted by molar-refractivity contribution is 0.276. The molecule has 1 atom stereocenters. The molecule has 1 aliphatic heterocycles. The molecule has 0 saturated carbocycles. The van der Waals surface area contributed by atoms with E-state index < -0.39 is 0 Å². The van der Waals surface area contributed by atoms with Crippen LogP contribution in [0.1, 0.15) is 12.8 Å². The molecule has 0 aromatic heterocycles. The molecule has 0 bridgehead atoms. The Hall–Kier alpha value is -0.800. The molecule has 1 fully saturated rings. The molecular weight excluding hydrogens is 217 g/mol. The Morgan fingerprint density at radius 3 is 3.13 bits per heavy atom. The zero-order valence-corrected chi connectivity index (χ0v) is 9.06. The second kappa shape index (κ2) is 4.81. The third kappa shape index (κ3) is 2.83. The van der Waals surface area contributed by atoms with E-state index in [0.717, 1.165) is 13.0 Å². The first-order valence-corrected chi connectivity index (χ1v) is 5.45. The lowest BCUT2D eigenvalue weighted by Crippen LogP contribution is -2.28. The van der Waals surface area contributed by atoms with Gasteiger partial charge in [-0.3, -0.25) is 0 Å². The lowest BCUT2D eigenvalue weighted by atomic mass is 10.2. The summed E-state index contributed by atoms with van der Waals surface area (Å²) in [6.45, 7) is 1.58. The van der Waals surface area contributed by atoms with Crippen LogP contribution in [0.2, 0.25) is 5.02 Å². The molecule has 1 aromatic carbocycles. The van der Waals surface area contributed by atoms with Gasteiger partial charge in [-0.25, -0.2) is 4.39 Å². The summed E-state index contributed by atoms with van der Waals surface area (Å²) in [6.07, 6.45) is 2.28. The molecule has 1 saturated heterocycles. The van der Waals surface area contributed by atoms with Gasteiger partial charge in [0.25, 0.3) is 0 Å². The van der Waals surface area contributed by atoms with E-state index >= 15 is 0 Å². The summed E-state index contributed by atoms with van der Waals surface area (Å²) in [7, 11) is 0. The van der Waals surface area contributed by atoms with E-state index in [0.29, 0.717) is 23.4 Å². The highest BCUT2D eigenvalue weighted by Gasteiger charge is 2.15.